The molecule has 0 unspecified atom stereocenters. The van der Waals surface area contributed by atoms with Crippen molar-refractivity contribution < 1.29 is 14.3 Å². The molecular weight excluding hydrogens is 292 g/mol. The summed E-state index contributed by atoms with van der Waals surface area (Å²) >= 11 is 0. The molecule has 0 aromatic heterocycles. The Morgan fingerprint density at radius 2 is 2.00 bits per heavy atom. The Labute approximate surface area is 137 Å². The Morgan fingerprint density at radius 3 is 2.65 bits per heavy atom. The molecule has 3 rings (SSSR count). The maximum Gasteiger partial charge on any atom is 0.245 e. The van der Waals surface area contributed by atoms with E-state index in [-0.39, 0.29) is 24.0 Å². The summed E-state index contributed by atoms with van der Waals surface area (Å²) in [4.78, 5) is 25.5. The van der Waals surface area contributed by atoms with Crippen LogP contribution in [0.1, 0.15) is 36.8 Å². The van der Waals surface area contributed by atoms with Gasteiger partial charge < -0.3 is 15.0 Å². The molecule has 2 saturated heterocycles. The SMILES string of the molecule is Cc1ccccc1COC1CCN(C(=O)[C@H]2CCC(=O)N2)CC1. The number of amides is 2. The van der Waals surface area contributed by atoms with E-state index in [2.05, 4.69) is 24.4 Å². The normalized spacial score (nSPS) is 22.2. The van der Waals surface area contributed by atoms with E-state index in [0.717, 1.165) is 12.8 Å². The summed E-state index contributed by atoms with van der Waals surface area (Å²) in [5.74, 6) is 0.0491. The van der Waals surface area contributed by atoms with Crippen molar-refractivity contribution in [2.45, 2.75) is 51.4 Å². The highest BCUT2D eigenvalue weighted by molar-refractivity contribution is 5.90. The number of aryl methyl sites for hydroxylation is 1. The Bertz CT molecular complexity index is 579. The number of carbonyl (C=O) groups is 2. The van der Waals surface area contributed by atoms with Crippen LogP contribution >= 0.6 is 0 Å². The summed E-state index contributed by atoms with van der Waals surface area (Å²) in [6, 6.07) is 7.94. The van der Waals surface area contributed by atoms with Crippen molar-refractivity contribution in [1.82, 2.24) is 10.2 Å². The van der Waals surface area contributed by atoms with Gasteiger partial charge in [-0.15, -0.1) is 0 Å². The Kier molecular flexibility index (Phi) is 4.96. The minimum absolute atomic E-state index is 0.0141. The van der Waals surface area contributed by atoms with Crippen LogP contribution < -0.4 is 5.32 Å². The highest BCUT2D eigenvalue weighted by Crippen LogP contribution is 2.19. The zero-order valence-electron chi connectivity index (χ0n) is 13.6. The van der Waals surface area contributed by atoms with Crippen LogP contribution in [0.2, 0.25) is 0 Å². The summed E-state index contributed by atoms with van der Waals surface area (Å²) in [7, 11) is 0. The second-order valence-corrected chi connectivity index (χ2v) is 6.42. The molecule has 0 aliphatic carbocycles. The van der Waals surface area contributed by atoms with Crippen LogP contribution in [-0.2, 0) is 20.9 Å². The summed E-state index contributed by atoms with van der Waals surface area (Å²) in [5, 5.41) is 2.75. The van der Waals surface area contributed by atoms with Crippen LogP contribution in [-0.4, -0.2) is 41.9 Å². The third-order valence-corrected chi connectivity index (χ3v) is 4.78. The number of ether oxygens (including phenoxy) is 1. The molecule has 2 heterocycles. The molecule has 0 saturated carbocycles. The zero-order chi connectivity index (χ0) is 16.2. The zero-order valence-corrected chi connectivity index (χ0v) is 13.6. The summed E-state index contributed by atoms with van der Waals surface area (Å²) in [5.41, 5.74) is 2.47. The number of hydrogen-bond donors (Lipinski definition) is 1. The number of benzene rings is 1. The first-order chi connectivity index (χ1) is 11.1. The van der Waals surface area contributed by atoms with Crippen molar-refractivity contribution in [2.75, 3.05) is 13.1 Å². The lowest BCUT2D eigenvalue weighted by Gasteiger charge is -2.33. The summed E-state index contributed by atoms with van der Waals surface area (Å²) in [6.07, 6.45) is 3.02. The lowest BCUT2D eigenvalue weighted by Crippen LogP contribution is -2.48. The van der Waals surface area contributed by atoms with Gasteiger partial charge >= 0.3 is 0 Å². The first kappa shape index (κ1) is 16.0. The monoisotopic (exact) mass is 316 g/mol. The smallest absolute Gasteiger partial charge is 0.245 e. The minimum atomic E-state index is -0.313. The van der Waals surface area contributed by atoms with Gasteiger partial charge in [0, 0.05) is 19.5 Å². The number of rotatable bonds is 4. The van der Waals surface area contributed by atoms with E-state index >= 15 is 0 Å². The second kappa shape index (κ2) is 7.13. The van der Waals surface area contributed by atoms with E-state index in [9.17, 15) is 9.59 Å². The van der Waals surface area contributed by atoms with Crippen LogP contribution in [0.3, 0.4) is 0 Å². The molecule has 2 aliphatic heterocycles. The van der Waals surface area contributed by atoms with Crippen molar-refractivity contribution in [1.29, 1.82) is 0 Å². The molecule has 2 fully saturated rings. The quantitative estimate of drug-likeness (QED) is 0.921. The van der Waals surface area contributed by atoms with Gasteiger partial charge in [-0.3, -0.25) is 9.59 Å². The maximum atomic E-state index is 12.3. The van der Waals surface area contributed by atoms with Crippen molar-refractivity contribution in [3.05, 3.63) is 35.4 Å². The van der Waals surface area contributed by atoms with Gasteiger partial charge in [0.1, 0.15) is 6.04 Å². The Balaban J connectivity index is 1.44. The van der Waals surface area contributed by atoms with Crippen LogP contribution in [0.15, 0.2) is 24.3 Å². The van der Waals surface area contributed by atoms with Crippen molar-refractivity contribution in [3.63, 3.8) is 0 Å². The molecule has 0 spiro atoms. The summed E-state index contributed by atoms with van der Waals surface area (Å²) in [6.45, 7) is 4.15. The van der Waals surface area contributed by atoms with Gasteiger partial charge in [-0.05, 0) is 37.3 Å². The fraction of sp³-hybridized carbons (Fsp3) is 0.556. The molecule has 124 valence electrons. The van der Waals surface area contributed by atoms with Gasteiger partial charge in [0.05, 0.1) is 12.7 Å². The van der Waals surface area contributed by atoms with Crippen molar-refractivity contribution in [2.24, 2.45) is 0 Å². The van der Waals surface area contributed by atoms with E-state index in [1.54, 1.807) is 0 Å². The van der Waals surface area contributed by atoms with E-state index in [4.69, 9.17) is 4.74 Å². The average Bonchev–Trinajstić information content (AvgIpc) is 3.00. The van der Waals surface area contributed by atoms with Gasteiger partial charge in [-0.25, -0.2) is 0 Å². The first-order valence-electron chi connectivity index (χ1n) is 8.38. The second-order valence-electron chi connectivity index (χ2n) is 6.42. The highest BCUT2D eigenvalue weighted by atomic mass is 16.5. The van der Waals surface area contributed by atoms with Crippen molar-refractivity contribution >= 4 is 11.8 Å². The number of nitrogens with zero attached hydrogens (tertiary/aromatic N) is 1. The molecule has 5 nitrogen and oxygen atoms in total. The van der Waals surface area contributed by atoms with Crippen LogP contribution in [0.25, 0.3) is 0 Å². The number of carbonyl (C=O) groups excluding carboxylic acids is 2. The standard InChI is InChI=1S/C18H24N2O3/c1-13-4-2-3-5-14(13)12-23-15-8-10-20(11-9-15)18(22)16-6-7-17(21)19-16/h2-5,15-16H,6-12H2,1H3,(H,19,21)/t16-/m1/s1. The molecule has 1 N–H and O–H groups in total. The topological polar surface area (TPSA) is 58.6 Å². The van der Waals surface area contributed by atoms with E-state index in [1.165, 1.54) is 11.1 Å². The number of hydrogen-bond acceptors (Lipinski definition) is 3. The molecule has 0 bridgehead atoms. The predicted molar refractivity (Wildman–Crippen MR) is 86.7 cm³/mol. The van der Waals surface area contributed by atoms with Gasteiger partial charge in [0.15, 0.2) is 0 Å². The Morgan fingerprint density at radius 1 is 1.26 bits per heavy atom. The number of likely N-dealkylation sites (tertiary alicyclic amines) is 1. The van der Waals surface area contributed by atoms with Gasteiger partial charge in [-0.1, -0.05) is 24.3 Å². The van der Waals surface area contributed by atoms with Crippen LogP contribution in [0.5, 0.6) is 0 Å². The molecular formula is C18H24N2O3. The Hall–Kier alpha value is -1.88. The lowest BCUT2D eigenvalue weighted by molar-refractivity contribution is -0.137. The molecule has 1 aromatic rings. The number of piperidine rings is 1. The van der Waals surface area contributed by atoms with Crippen LogP contribution in [0.4, 0.5) is 0 Å². The average molecular weight is 316 g/mol. The van der Waals surface area contributed by atoms with Gasteiger partial charge in [0.2, 0.25) is 11.8 Å². The molecule has 1 aromatic carbocycles. The predicted octanol–water partition coefficient (Wildman–Crippen LogP) is 1.78. The van der Waals surface area contributed by atoms with E-state index in [0.29, 0.717) is 32.5 Å². The third kappa shape index (κ3) is 3.91. The fourth-order valence-electron chi connectivity index (χ4n) is 3.24. The highest BCUT2D eigenvalue weighted by Gasteiger charge is 2.32. The fourth-order valence-corrected chi connectivity index (χ4v) is 3.24. The third-order valence-electron chi connectivity index (χ3n) is 4.78. The minimum Gasteiger partial charge on any atom is -0.373 e. The molecule has 0 radical (unpaired) electrons. The number of nitrogens with one attached hydrogen (secondary N) is 1. The molecule has 5 heteroatoms. The van der Waals surface area contributed by atoms with E-state index in [1.807, 2.05) is 17.0 Å². The van der Waals surface area contributed by atoms with Crippen LogP contribution in [0, 0.1) is 6.92 Å². The van der Waals surface area contributed by atoms with Gasteiger partial charge in [0.25, 0.3) is 0 Å². The maximum absolute atomic E-state index is 12.3. The largest absolute Gasteiger partial charge is 0.373 e. The first-order valence-corrected chi connectivity index (χ1v) is 8.38. The molecule has 23 heavy (non-hydrogen) atoms. The molecule has 1 atom stereocenters. The molecule has 2 aliphatic rings. The van der Waals surface area contributed by atoms with Gasteiger partial charge in [-0.2, -0.15) is 0 Å². The van der Waals surface area contributed by atoms with Crippen molar-refractivity contribution in [3.8, 4) is 0 Å². The molecule has 2 amide bonds. The lowest BCUT2D eigenvalue weighted by atomic mass is 10.1. The summed E-state index contributed by atoms with van der Waals surface area (Å²) < 4.78 is 6.01. The van der Waals surface area contributed by atoms with E-state index < -0.39 is 0 Å².